The molecule has 0 spiro atoms. The van der Waals surface area contributed by atoms with E-state index in [-0.39, 0.29) is 66.7 Å². The largest absolute Gasteiger partial charge is 1.00 e. The third kappa shape index (κ3) is 8.93. The van der Waals surface area contributed by atoms with Crippen LogP contribution in [0.1, 0.15) is 0 Å². The quantitative estimate of drug-likeness (QED) is 0.322. The van der Waals surface area contributed by atoms with Crippen molar-refractivity contribution in [1.29, 1.82) is 0 Å². The molecular formula is CH3KOSe. The maximum atomic E-state index is 8.99. The van der Waals surface area contributed by atoms with Gasteiger partial charge in [0.05, 0.1) is 0 Å². The minimum absolute atomic E-state index is 0. The van der Waals surface area contributed by atoms with Crippen LogP contribution in [0.4, 0.5) is 0 Å². The van der Waals surface area contributed by atoms with E-state index in [2.05, 4.69) is 0 Å². The van der Waals surface area contributed by atoms with Gasteiger partial charge in [0.15, 0.2) is 0 Å². The van der Waals surface area contributed by atoms with Crippen LogP contribution in [0, 0.1) is 0 Å². The van der Waals surface area contributed by atoms with Crippen molar-refractivity contribution in [2.45, 2.75) is 5.82 Å². The Bertz CT molecular complexity index is 8.00. The summed E-state index contributed by atoms with van der Waals surface area (Å²) in [4.78, 5) is 0. The van der Waals surface area contributed by atoms with Gasteiger partial charge in [-0.15, -0.1) is 0 Å². The first-order chi connectivity index (χ1) is 1.41. The van der Waals surface area contributed by atoms with Gasteiger partial charge in [-0.2, -0.15) is 0 Å². The second-order valence-corrected chi connectivity index (χ2v) is 0.866. The van der Waals surface area contributed by atoms with Gasteiger partial charge in [0.1, 0.15) is 0 Å². The standard InChI is InChI=1S/CH4OSe.K/c1-3-2;/h2H,1H3;/q;+1/p-1. The Kier molecular flexibility index (Phi) is 21.1. The van der Waals surface area contributed by atoms with Crippen LogP contribution in [0.2, 0.25) is 5.82 Å². The fraction of sp³-hybridized carbons (Fsp3) is 1.00. The molecule has 4 heavy (non-hydrogen) atoms. The average Bonchev–Trinajstić information content (AvgIpc) is 0.918. The van der Waals surface area contributed by atoms with Gasteiger partial charge >= 0.3 is 76.7 Å². The normalized spacial score (nSPS) is 4.50. The van der Waals surface area contributed by atoms with E-state index in [4.69, 9.17) is 4.19 Å². The Balaban J connectivity index is 0. The Morgan fingerprint density at radius 1 is 1.75 bits per heavy atom. The van der Waals surface area contributed by atoms with Crippen molar-refractivity contribution in [3.63, 3.8) is 0 Å². The Hall–Kier alpha value is 2.12. The Morgan fingerprint density at radius 3 is 1.75 bits per heavy atom. The molecule has 0 amide bonds. The molecule has 0 rings (SSSR count). The van der Waals surface area contributed by atoms with Gasteiger partial charge < -0.3 is 0 Å². The first-order valence-electron chi connectivity index (χ1n) is 0.575. The fourth-order valence-corrected chi connectivity index (χ4v) is 0. The molecule has 0 aromatic heterocycles. The maximum Gasteiger partial charge on any atom is 1.00 e. The monoisotopic (exact) mass is 150 g/mol. The van der Waals surface area contributed by atoms with E-state index in [1.165, 1.54) is 0 Å². The SMILES string of the molecule is C[Se][O-].[K+]. The molecule has 20 valence electrons. The summed E-state index contributed by atoms with van der Waals surface area (Å²) >= 11 is -0.375. The molecule has 3 heteroatoms. The van der Waals surface area contributed by atoms with Crippen molar-refractivity contribution >= 4 is 15.3 Å². The second-order valence-electron chi connectivity index (χ2n) is 0.167. The van der Waals surface area contributed by atoms with Crippen LogP contribution in [0.15, 0.2) is 0 Å². The molecule has 0 fully saturated rings. The van der Waals surface area contributed by atoms with E-state index in [1.807, 2.05) is 0 Å². The topological polar surface area (TPSA) is 23.1 Å². The minimum Gasteiger partial charge on any atom is 1.00 e. The van der Waals surface area contributed by atoms with Crippen molar-refractivity contribution in [3.8, 4) is 0 Å². The molecular weight excluding hydrogens is 146 g/mol. The van der Waals surface area contributed by atoms with Crippen LogP contribution >= 0.6 is 0 Å². The zero-order valence-electron chi connectivity index (χ0n) is 2.82. The van der Waals surface area contributed by atoms with Crippen LogP contribution < -0.4 is 55.6 Å². The van der Waals surface area contributed by atoms with Gasteiger partial charge in [0.25, 0.3) is 0 Å². The molecule has 0 aliphatic heterocycles. The van der Waals surface area contributed by atoms with E-state index in [0.29, 0.717) is 0 Å². The Morgan fingerprint density at radius 2 is 1.75 bits per heavy atom. The van der Waals surface area contributed by atoms with E-state index in [9.17, 15) is 0 Å². The van der Waals surface area contributed by atoms with Gasteiger partial charge in [0.2, 0.25) is 0 Å². The first-order valence-corrected chi connectivity index (χ1v) is 2.99. The molecule has 0 N–H and O–H groups in total. The summed E-state index contributed by atoms with van der Waals surface area (Å²) in [7, 11) is 0. The number of hydrogen-bond acceptors (Lipinski definition) is 1. The molecule has 0 aliphatic carbocycles. The zero-order chi connectivity index (χ0) is 2.71. The van der Waals surface area contributed by atoms with E-state index in [1.54, 1.807) is 5.82 Å². The minimum atomic E-state index is -0.375. The number of hydrogen-bond donors (Lipinski definition) is 0. The summed E-state index contributed by atoms with van der Waals surface area (Å²) in [5.41, 5.74) is 0. The molecule has 0 aromatic rings. The molecule has 0 unspecified atom stereocenters. The molecule has 0 heterocycles. The molecule has 0 aliphatic rings. The summed E-state index contributed by atoms with van der Waals surface area (Å²) in [5.74, 6) is 1.63. The third-order valence-electron chi connectivity index (χ3n) is 0. The Labute approximate surface area is 75.1 Å². The first kappa shape index (κ1) is 9.45. The van der Waals surface area contributed by atoms with Crippen molar-refractivity contribution in [3.05, 3.63) is 0 Å². The fourth-order valence-electron chi connectivity index (χ4n) is 0. The zero-order valence-corrected chi connectivity index (χ0v) is 7.65. The van der Waals surface area contributed by atoms with Gasteiger partial charge in [-0.3, -0.25) is 0 Å². The molecule has 0 atom stereocenters. The summed E-state index contributed by atoms with van der Waals surface area (Å²) in [6.07, 6.45) is 0. The molecule has 0 aromatic carbocycles. The van der Waals surface area contributed by atoms with Crippen LogP contribution in [0.3, 0.4) is 0 Å². The molecule has 0 radical (unpaired) electrons. The average molecular weight is 149 g/mol. The van der Waals surface area contributed by atoms with E-state index >= 15 is 0 Å². The summed E-state index contributed by atoms with van der Waals surface area (Å²) in [6, 6.07) is 0. The van der Waals surface area contributed by atoms with Crippen molar-refractivity contribution in [1.82, 2.24) is 0 Å². The number of rotatable bonds is 0. The van der Waals surface area contributed by atoms with Crippen LogP contribution in [0.5, 0.6) is 0 Å². The molecule has 0 bridgehead atoms. The summed E-state index contributed by atoms with van der Waals surface area (Å²) in [5, 5.41) is 0. The van der Waals surface area contributed by atoms with Crippen LogP contribution in [0.25, 0.3) is 0 Å². The predicted octanol–water partition coefficient (Wildman–Crippen LogP) is -3.98. The van der Waals surface area contributed by atoms with Crippen molar-refractivity contribution in [2.75, 3.05) is 0 Å². The summed E-state index contributed by atoms with van der Waals surface area (Å²) in [6.45, 7) is 0. The van der Waals surface area contributed by atoms with Gasteiger partial charge in [-0.05, 0) is 0 Å². The maximum absolute atomic E-state index is 8.99. The predicted molar refractivity (Wildman–Crippen MR) is 11.6 cm³/mol. The van der Waals surface area contributed by atoms with E-state index in [0.717, 1.165) is 0 Å². The molecule has 0 saturated heterocycles. The van der Waals surface area contributed by atoms with E-state index < -0.39 is 0 Å². The van der Waals surface area contributed by atoms with Gasteiger partial charge in [0, 0.05) is 0 Å². The second kappa shape index (κ2) is 8.93. The van der Waals surface area contributed by atoms with Gasteiger partial charge in [-0.25, -0.2) is 0 Å². The van der Waals surface area contributed by atoms with Crippen LogP contribution in [-0.4, -0.2) is 15.3 Å². The van der Waals surface area contributed by atoms with Crippen molar-refractivity contribution in [2.24, 2.45) is 0 Å². The summed E-state index contributed by atoms with van der Waals surface area (Å²) < 4.78 is 8.99. The third-order valence-corrected chi connectivity index (χ3v) is 0. The van der Waals surface area contributed by atoms with Gasteiger partial charge in [-0.1, -0.05) is 0 Å². The smallest absolute Gasteiger partial charge is 1.00 e. The van der Waals surface area contributed by atoms with Crippen molar-refractivity contribution < 1.29 is 55.6 Å². The molecule has 1 nitrogen and oxygen atoms in total. The van der Waals surface area contributed by atoms with Crippen LogP contribution in [-0.2, 0) is 0 Å². The molecule has 0 saturated carbocycles.